The molecule has 0 fully saturated rings. The minimum absolute atomic E-state index is 0.147. The second-order valence-electron chi connectivity index (χ2n) is 7.31. The van der Waals surface area contributed by atoms with Gasteiger partial charge in [-0.15, -0.1) is 10.2 Å². The largest absolute Gasteiger partial charge is 0.384 e. The summed E-state index contributed by atoms with van der Waals surface area (Å²) >= 11 is 6.13. The van der Waals surface area contributed by atoms with Crippen LogP contribution in [-0.4, -0.2) is 25.5 Å². The molecule has 2 N–H and O–H groups in total. The summed E-state index contributed by atoms with van der Waals surface area (Å²) in [6.45, 7) is 3.99. The van der Waals surface area contributed by atoms with Crippen LogP contribution in [0.4, 0.5) is 5.82 Å². The van der Waals surface area contributed by atoms with E-state index in [4.69, 9.17) is 22.3 Å². The molecule has 0 saturated heterocycles. The fourth-order valence-electron chi connectivity index (χ4n) is 3.78. The first-order valence-corrected chi connectivity index (χ1v) is 10.0. The highest BCUT2D eigenvalue weighted by Gasteiger charge is 2.26. The molecule has 0 amide bonds. The molecule has 148 valence electrons. The van der Waals surface area contributed by atoms with Gasteiger partial charge >= 0.3 is 0 Å². The number of aliphatic imine (C=N–C) groups is 1. The Bertz CT molecular complexity index is 1270. The summed E-state index contributed by atoms with van der Waals surface area (Å²) in [6, 6.07) is 17.7. The third kappa shape index (κ3) is 3.06. The van der Waals surface area contributed by atoms with Crippen molar-refractivity contribution in [1.82, 2.24) is 19.7 Å². The second kappa shape index (κ2) is 7.07. The van der Waals surface area contributed by atoms with Gasteiger partial charge in [-0.1, -0.05) is 29.8 Å². The number of benzene rings is 2. The van der Waals surface area contributed by atoms with Crippen LogP contribution < -0.4 is 5.73 Å². The van der Waals surface area contributed by atoms with Gasteiger partial charge < -0.3 is 5.73 Å². The first-order chi connectivity index (χ1) is 14.5. The fourth-order valence-corrected chi connectivity index (χ4v) is 3.91. The highest BCUT2D eigenvalue weighted by atomic mass is 35.5. The lowest BCUT2D eigenvalue weighted by molar-refractivity contribution is 0.721. The topological polar surface area (TPSA) is 82.0 Å². The van der Waals surface area contributed by atoms with Crippen LogP contribution in [0.25, 0.3) is 16.8 Å². The molecule has 4 aromatic rings. The lowest BCUT2D eigenvalue weighted by Crippen LogP contribution is -2.08. The maximum atomic E-state index is 6.13. The third-order valence-electron chi connectivity index (χ3n) is 5.28. The molecular weight excluding hydrogens is 396 g/mol. The van der Waals surface area contributed by atoms with E-state index in [1.165, 1.54) is 0 Å². The van der Waals surface area contributed by atoms with Gasteiger partial charge in [-0.3, -0.25) is 9.56 Å². The van der Waals surface area contributed by atoms with Crippen molar-refractivity contribution in [2.24, 2.45) is 4.99 Å². The number of nitrogens with two attached hydrogens (primary N) is 1. The van der Waals surface area contributed by atoms with Crippen molar-refractivity contribution < 1.29 is 0 Å². The fraction of sp³-hybridized carbons (Fsp3) is 0.130. The van der Waals surface area contributed by atoms with Crippen molar-refractivity contribution in [3.8, 4) is 16.8 Å². The number of nitrogens with zero attached hydrogens (tertiary/aromatic N) is 5. The van der Waals surface area contributed by atoms with Crippen molar-refractivity contribution in [1.29, 1.82) is 0 Å². The predicted octanol–water partition coefficient (Wildman–Crippen LogP) is 4.79. The number of hydrogen-bond donors (Lipinski definition) is 1. The molecule has 0 radical (unpaired) electrons. The van der Waals surface area contributed by atoms with E-state index in [-0.39, 0.29) is 6.04 Å². The second-order valence-corrected chi connectivity index (χ2v) is 7.74. The normalized spacial score (nSPS) is 15.2. The van der Waals surface area contributed by atoms with Crippen LogP contribution in [0.1, 0.15) is 35.7 Å². The van der Waals surface area contributed by atoms with Gasteiger partial charge in [-0.25, -0.2) is 4.98 Å². The van der Waals surface area contributed by atoms with Crippen LogP contribution in [0, 0.1) is 6.92 Å². The van der Waals surface area contributed by atoms with Crippen LogP contribution in [0.5, 0.6) is 0 Å². The summed E-state index contributed by atoms with van der Waals surface area (Å²) in [4.78, 5) is 9.27. The maximum Gasteiger partial charge on any atom is 0.162 e. The number of aromatic nitrogens is 4. The summed E-state index contributed by atoms with van der Waals surface area (Å²) in [5.74, 6) is 2.14. The molecule has 3 heterocycles. The predicted molar refractivity (Wildman–Crippen MR) is 119 cm³/mol. The summed E-state index contributed by atoms with van der Waals surface area (Å²) in [5, 5.41) is 9.37. The van der Waals surface area contributed by atoms with E-state index >= 15 is 0 Å². The Labute approximate surface area is 179 Å². The summed E-state index contributed by atoms with van der Waals surface area (Å²) in [7, 11) is 0. The first-order valence-electron chi connectivity index (χ1n) is 9.63. The minimum Gasteiger partial charge on any atom is -0.384 e. The van der Waals surface area contributed by atoms with Gasteiger partial charge in [0.25, 0.3) is 0 Å². The molecule has 0 aliphatic carbocycles. The molecule has 7 heteroatoms. The lowest BCUT2D eigenvalue weighted by Gasteiger charge is -2.14. The van der Waals surface area contributed by atoms with Crippen molar-refractivity contribution in [3.05, 3.63) is 88.6 Å². The Morgan fingerprint density at radius 1 is 0.933 bits per heavy atom. The lowest BCUT2D eigenvalue weighted by atomic mass is 9.96. The number of hydrogen-bond acceptors (Lipinski definition) is 5. The van der Waals surface area contributed by atoms with E-state index in [0.717, 1.165) is 45.3 Å². The molecule has 0 spiro atoms. The van der Waals surface area contributed by atoms with E-state index in [0.29, 0.717) is 10.8 Å². The number of pyridine rings is 1. The number of anilines is 1. The van der Waals surface area contributed by atoms with Crippen LogP contribution in [0.2, 0.25) is 5.02 Å². The third-order valence-corrected chi connectivity index (χ3v) is 5.53. The molecule has 0 bridgehead atoms. The molecule has 30 heavy (non-hydrogen) atoms. The summed E-state index contributed by atoms with van der Waals surface area (Å²) in [5.41, 5.74) is 11.7. The average Bonchev–Trinajstić information content (AvgIpc) is 3.08. The van der Waals surface area contributed by atoms with Crippen LogP contribution >= 0.6 is 11.6 Å². The Kier molecular flexibility index (Phi) is 4.37. The summed E-state index contributed by atoms with van der Waals surface area (Å²) < 4.78 is 2.08. The molecule has 0 saturated carbocycles. The molecule has 1 aliphatic rings. The number of fused-ring (bicyclic) bond motifs is 3. The molecule has 2 aromatic carbocycles. The van der Waals surface area contributed by atoms with Gasteiger partial charge in [-0.2, -0.15) is 0 Å². The van der Waals surface area contributed by atoms with E-state index in [1.807, 2.05) is 44.2 Å². The Morgan fingerprint density at radius 3 is 2.40 bits per heavy atom. The zero-order chi connectivity index (χ0) is 20.8. The molecule has 6 nitrogen and oxygen atoms in total. The zero-order valence-electron chi connectivity index (χ0n) is 16.5. The molecule has 1 atom stereocenters. The van der Waals surface area contributed by atoms with Gasteiger partial charge in [-0.05, 0) is 55.8 Å². The van der Waals surface area contributed by atoms with Crippen molar-refractivity contribution >= 4 is 23.1 Å². The number of rotatable bonds is 2. The molecule has 5 rings (SSSR count). The number of nitrogen functional groups attached to an aromatic ring is 1. The van der Waals surface area contributed by atoms with Crippen LogP contribution in [0.3, 0.4) is 0 Å². The molecule has 1 aliphatic heterocycles. The monoisotopic (exact) mass is 414 g/mol. The number of halogens is 1. The number of aryl methyl sites for hydroxylation is 1. The Balaban J connectivity index is 1.77. The molecular formula is C23H19ClN6. The highest BCUT2D eigenvalue weighted by molar-refractivity contribution is 6.30. The molecule has 0 unspecified atom stereocenters. The van der Waals surface area contributed by atoms with Crippen LogP contribution in [-0.2, 0) is 0 Å². The minimum atomic E-state index is -0.147. The standard InChI is InChI=1S/C23H19ClN6/c1-13-23-29-28-14(2)30(23)20-9-5-16(17-6-10-21(25)26-12-17)11-19(20)22(27-13)15-3-7-18(24)8-4-15/h3-13H,1-2H3,(H2,25,26)/t13-/m0/s1. The quantitative estimate of drug-likeness (QED) is 0.511. The van der Waals surface area contributed by atoms with Crippen LogP contribution in [0.15, 0.2) is 65.8 Å². The SMILES string of the molecule is Cc1nnc2n1-c1ccc(-c3ccc(N)nc3)cc1C(c1ccc(Cl)cc1)=N[C@H]2C. The van der Waals surface area contributed by atoms with Crippen molar-refractivity contribution in [2.75, 3.05) is 5.73 Å². The van der Waals surface area contributed by atoms with Gasteiger partial charge in [0.15, 0.2) is 5.82 Å². The zero-order valence-corrected chi connectivity index (χ0v) is 17.3. The highest BCUT2D eigenvalue weighted by Crippen LogP contribution is 2.33. The van der Waals surface area contributed by atoms with Gasteiger partial charge in [0.05, 0.1) is 11.4 Å². The first kappa shape index (κ1) is 18.5. The Hall–Kier alpha value is -3.51. The average molecular weight is 415 g/mol. The van der Waals surface area contributed by atoms with Crippen molar-refractivity contribution in [2.45, 2.75) is 19.9 Å². The van der Waals surface area contributed by atoms with E-state index in [2.05, 4.69) is 37.9 Å². The van der Waals surface area contributed by atoms with E-state index in [9.17, 15) is 0 Å². The van der Waals surface area contributed by atoms with E-state index < -0.39 is 0 Å². The Morgan fingerprint density at radius 2 is 1.67 bits per heavy atom. The smallest absolute Gasteiger partial charge is 0.162 e. The van der Waals surface area contributed by atoms with E-state index in [1.54, 1.807) is 12.3 Å². The van der Waals surface area contributed by atoms with Crippen molar-refractivity contribution in [3.63, 3.8) is 0 Å². The molecule has 2 aromatic heterocycles. The van der Waals surface area contributed by atoms with Gasteiger partial charge in [0.1, 0.15) is 17.7 Å². The maximum absolute atomic E-state index is 6.13. The van der Waals surface area contributed by atoms with Gasteiger partial charge in [0.2, 0.25) is 0 Å². The van der Waals surface area contributed by atoms with Gasteiger partial charge in [0, 0.05) is 27.9 Å². The summed E-state index contributed by atoms with van der Waals surface area (Å²) in [6.07, 6.45) is 1.78.